The van der Waals surface area contributed by atoms with Crippen LogP contribution >= 0.6 is 0 Å². The molecule has 3 rings (SSSR count). The fraction of sp³-hybridized carbons (Fsp3) is 0.480. The SMILES string of the molecule is CCN(CC)C(=O)[C@H]1CCCN(S(=O)(=O)c2ccc(CC(=O)CCc3cccnc3)cc2)C1. The van der Waals surface area contributed by atoms with Crippen molar-refractivity contribution in [2.24, 2.45) is 5.92 Å². The molecule has 1 fully saturated rings. The molecule has 8 heteroatoms. The molecule has 1 amide bonds. The predicted octanol–water partition coefficient (Wildman–Crippen LogP) is 3.10. The van der Waals surface area contributed by atoms with Crippen molar-refractivity contribution in [1.29, 1.82) is 0 Å². The first-order chi connectivity index (χ1) is 15.8. The molecule has 0 radical (unpaired) electrons. The lowest BCUT2D eigenvalue weighted by atomic mass is 9.98. The summed E-state index contributed by atoms with van der Waals surface area (Å²) in [7, 11) is -3.69. The van der Waals surface area contributed by atoms with Crippen LogP contribution in [0, 0.1) is 5.92 Å². The van der Waals surface area contributed by atoms with Crippen LogP contribution in [0.3, 0.4) is 0 Å². The second-order valence-corrected chi connectivity index (χ2v) is 10.4. The standard InChI is InChI=1S/C25H33N3O4S/c1-3-27(4-2)25(30)22-8-6-16-28(19-22)33(31,32)24-13-10-20(11-14-24)17-23(29)12-9-21-7-5-15-26-18-21/h5,7,10-11,13-15,18,22H,3-4,6,8-9,12,16-17,19H2,1-2H3/t22-/m0/s1. The van der Waals surface area contributed by atoms with E-state index >= 15 is 0 Å². The Morgan fingerprint density at radius 1 is 1.09 bits per heavy atom. The van der Waals surface area contributed by atoms with E-state index in [0.29, 0.717) is 45.3 Å². The molecule has 0 bridgehead atoms. The monoisotopic (exact) mass is 471 g/mol. The van der Waals surface area contributed by atoms with Crippen molar-refractivity contribution in [1.82, 2.24) is 14.2 Å². The Morgan fingerprint density at radius 3 is 2.45 bits per heavy atom. The molecule has 1 aliphatic rings. The Balaban J connectivity index is 1.60. The number of piperidine rings is 1. The Bertz CT molecular complexity index is 1040. The molecule has 0 spiro atoms. The third-order valence-corrected chi connectivity index (χ3v) is 8.07. The maximum Gasteiger partial charge on any atom is 0.243 e. The number of carbonyl (C=O) groups is 2. The highest BCUT2D eigenvalue weighted by atomic mass is 32.2. The summed E-state index contributed by atoms with van der Waals surface area (Å²) in [5.74, 6) is -0.173. The van der Waals surface area contributed by atoms with E-state index in [1.54, 1.807) is 41.6 Å². The van der Waals surface area contributed by atoms with Gasteiger partial charge in [-0.3, -0.25) is 14.6 Å². The summed E-state index contributed by atoms with van der Waals surface area (Å²) in [5.41, 5.74) is 1.81. The molecule has 0 unspecified atom stereocenters. The van der Waals surface area contributed by atoms with Gasteiger partial charge in [0.1, 0.15) is 5.78 Å². The minimum absolute atomic E-state index is 0.0278. The van der Waals surface area contributed by atoms with Crippen molar-refractivity contribution in [3.05, 3.63) is 59.9 Å². The highest BCUT2D eigenvalue weighted by Crippen LogP contribution is 2.25. The lowest BCUT2D eigenvalue weighted by molar-refractivity contribution is -0.136. The zero-order chi connectivity index (χ0) is 23.8. The average molecular weight is 472 g/mol. The number of amides is 1. The predicted molar refractivity (Wildman–Crippen MR) is 127 cm³/mol. The summed E-state index contributed by atoms with van der Waals surface area (Å²) in [6, 6.07) is 10.3. The first-order valence-electron chi connectivity index (χ1n) is 11.6. The van der Waals surface area contributed by atoms with E-state index in [1.807, 2.05) is 26.0 Å². The third kappa shape index (κ3) is 6.48. The van der Waals surface area contributed by atoms with Gasteiger partial charge in [-0.15, -0.1) is 0 Å². The number of nitrogens with zero attached hydrogens (tertiary/aromatic N) is 3. The van der Waals surface area contributed by atoms with Crippen molar-refractivity contribution in [3.8, 4) is 0 Å². The van der Waals surface area contributed by atoms with Gasteiger partial charge < -0.3 is 4.90 Å². The van der Waals surface area contributed by atoms with E-state index in [1.165, 1.54) is 4.31 Å². The Hall–Kier alpha value is -2.58. The number of sulfonamides is 1. The number of hydrogen-bond donors (Lipinski definition) is 0. The molecule has 7 nitrogen and oxygen atoms in total. The lowest BCUT2D eigenvalue weighted by Gasteiger charge is -2.33. The zero-order valence-corrected chi connectivity index (χ0v) is 20.3. The van der Waals surface area contributed by atoms with Crippen LogP contribution in [-0.2, 0) is 32.5 Å². The molecule has 0 N–H and O–H groups in total. The van der Waals surface area contributed by atoms with E-state index in [-0.39, 0.29) is 35.5 Å². The highest BCUT2D eigenvalue weighted by molar-refractivity contribution is 7.89. The van der Waals surface area contributed by atoms with Crippen molar-refractivity contribution in [3.63, 3.8) is 0 Å². The summed E-state index contributed by atoms with van der Waals surface area (Å²) in [6.07, 6.45) is 6.16. The van der Waals surface area contributed by atoms with Gasteiger partial charge >= 0.3 is 0 Å². The molecule has 1 aromatic carbocycles. The van der Waals surface area contributed by atoms with Crippen LogP contribution < -0.4 is 0 Å². The topological polar surface area (TPSA) is 87.7 Å². The minimum atomic E-state index is -3.69. The molecule has 0 aliphatic carbocycles. The third-order valence-electron chi connectivity index (χ3n) is 6.19. The number of benzene rings is 1. The Labute approximate surface area is 196 Å². The number of aromatic nitrogens is 1. The zero-order valence-electron chi connectivity index (χ0n) is 19.4. The normalized spacial score (nSPS) is 17.0. The molecule has 178 valence electrons. The minimum Gasteiger partial charge on any atom is -0.343 e. The van der Waals surface area contributed by atoms with Crippen LogP contribution in [-0.4, -0.2) is 60.5 Å². The molecule has 1 atom stereocenters. The quantitative estimate of drug-likeness (QED) is 0.531. The van der Waals surface area contributed by atoms with Gasteiger partial charge in [-0.25, -0.2) is 8.42 Å². The van der Waals surface area contributed by atoms with Gasteiger partial charge in [-0.1, -0.05) is 18.2 Å². The summed E-state index contributed by atoms with van der Waals surface area (Å²) < 4.78 is 27.8. The first-order valence-corrected chi connectivity index (χ1v) is 13.1. The van der Waals surface area contributed by atoms with Gasteiger partial charge in [0, 0.05) is 51.4 Å². The Kier molecular flexibility index (Phi) is 8.74. The van der Waals surface area contributed by atoms with Crippen LogP contribution in [0.1, 0.15) is 44.2 Å². The molecule has 33 heavy (non-hydrogen) atoms. The number of pyridine rings is 1. The highest BCUT2D eigenvalue weighted by Gasteiger charge is 2.34. The molecule has 0 saturated carbocycles. The number of rotatable bonds is 10. The fourth-order valence-corrected chi connectivity index (χ4v) is 5.75. The number of ketones is 1. The number of carbonyl (C=O) groups excluding carboxylic acids is 2. The van der Waals surface area contributed by atoms with Gasteiger partial charge in [0.25, 0.3) is 0 Å². The molecule has 2 aromatic rings. The average Bonchev–Trinajstić information content (AvgIpc) is 2.84. The van der Waals surface area contributed by atoms with E-state index in [9.17, 15) is 18.0 Å². The molecular formula is C25H33N3O4S. The number of Topliss-reactive ketones (excluding diaryl/α,β-unsaturated/α-hetero) is 1. The maximum atomic E-state index is 13.2. The van der Waals surface area contributed by atoms with E-state index in [4.69, 9.17) is 0 Å². The Morgan fingerprint density at radius 2 is 1.82 bits per heavy atom. The second-order valence-electron chi connectivity index (χ2n) is 8.43. The smallest absolute Gasteiger partial charge is 0.243 e. The van der Waals surface area contributed by atoms with Gasteiger partial charge in [-0.05, 0) is 62.4 Å². The van der Waals surface area contributed by atoms with Crippen LogP contribution in [0.15, 0.2) is 53.7 Å². The van der Waals surface area contributed by atoms with Crippen molar-refractivity contribution in [2.45, 2.75) is 50.8 Å². The van der Waals surface area contributed by atoms with E-state index in [2.05, 4.69) is 4.98 Å². The van der Waals surface area contributed by atoms with E-state index in [0.717, 1.165) is 11.1 Å². The van der Waals surface area contributed by atoms with Gasteiger partial charge in [0.2, 0.25) is 15.9 Å². The van der Waals surface area contributed by atoms with Gasteiger partial charge in [-0.2, -0.15) is 4.31 Å². The lowest BCUT2D eigenvalue weighted by Crippen LogP contribution is -2.46. The summed E-state index contributed by atoms with van der Waals surface area (Å²) >= 11 is 0. The second kappa shape index (κ2) is 11.5. The molecule has 2 heterocycles. The van der Waals surface area contributed by atoms with Gasteiger partial charge in [0.15, 0.2) is 0 Å². The van der Waals surface area contributed by atoms with Crippen molar-refractivity contribution < 1.29 is 18.0 Å². The summed E-state index contributed by atoms with van der Waals surface area (Å²) in [4.78, 5) is 31.1. The molecule has 1 aromatic heterocycles. The maximum absolute atomic E-state index is 13.2. The van der Waals surface area contributed by atoms with Crippen molar-refractivity contribution in [2.75, 3.05) is 26.2 Å². The number of hydrogen-bond acceptors (Lipinski definition) is 5. The van der Waals surface area contributed by atoms with Crippen LogP contribution in [0.25, 0.3) is 0 Å². The largest absolute Gasteiger partial charge is 0.343 e. The first kappa shape index (κ1) is 25.1. The van der Waals surface area contributed by atoms with Crippen LogP contribution in [0.5, 0.6) is 0 Å². The van der Waals surface area contributed by atoms with Crippen LogP contribution in [0.4, 0.5) is 0 Å². The molecular weight excluding hydrogens is 438 g/mol. The molecule has 1 saturated heterocycles. The van der Waals surface area contributed by atoms with Gasteiger partial charge in [0.05, 0.1) is 10.8 Å². The van der Waals surface area contributed by atoms with Crippen LogP contribution in [0.2, 0.25) is 0 Å². The van der Waals surface area contributed by atoms with E-state index < -0.39 is 10.0 Å². The fourth-order valence-electron chi connectivity index (χ4n) is 4.23. The molecule has 1 aliphatic heterocycles. The summed E-state index contributed by atoms with van der Waals surface area (Å²) in [5, 5.41) is 0. The van der Waals surface area contributed by atoms with Crippen molar-refractivity contribution >= 4 is 21.7 Å². The number of aryl methyl sites for hydroxylation is 1. The summed E-state index contributed by atoms with van der Waals surface area (Å²) in [6.45, 7) is 5.75.